The third-order valence-corrected chi connectivity index (χ3v) is 4.52. The fraction of sp³-hybridized carbons (Fsp3) is 1.00. The molecular weight excluding hydrogens is 226 g/mol. The zero-order chi connectivity index (χ0) is 13.8. The highest BCUT2D eigenvalue weighted by Gasteiger charge is 2.38. The summed E-state index contributed by atoms with van der Waals surface area (Å²) in [6, 6.07) is 0. The van der Waals surface area contributed by atoms with E-state index in [1.807, 2.05) is 6.92 Å². The molecule has 0 radical (unpaired) electrons. The Morgan fingerprint density at radius 2 is 1.83 bits per heavy atom. The van der Waals surface area contributed by atoms with E-state index in [0.717, 1.165) is 18.8 Å². The van der Waals surface area contributed by atoms with Gasteiger partial charge in [0.2, 0.25) is 0 Å². The lowest BCUT2D eigenvalue weighted by Crippen LogP contribution is -2.46. The molecule has 108 valence electrons. The van der Waals surface area contributed by atoms with Crippen LogP contribution in [0.4, 0.5) is 0 Å². The molecule has 1 fully saturated rings. The number of rotatable bonds is 5. The maximum Gasteiger partial charge on any atom is 0.0805 e. The SMILES string of the molecule is COC(C)COC1(CN)CCC(C(C)(C)C)CC1. The van der Waals surface area contributed by atoms with Gasteiger partial charge in [-0.1, -0.05) is 20.8 Å². The van der Waals surface area contributed by atoms with Crippen LogP contribution in [0.1, 0.15) is 53.4 Å². The molecule has 0 aromatic rings. The van der Waals surface area contributed by atoms with Gasteiger partial charge in [-0.25, -0.2) is 0 Å². The molecule has 1 atom stereocenters. The van der Waals surface area contributed by atoms with Gasteiger partial charge in [-0.2, -0.15) is 0 Å². The summed E-state index contributed by atoms with van der Waals surface area (Å²) in [7, 11) is 1.72. The average Bonchev–Trinajstić information content (AvgIpc) is 2.35. The quantitative estimate of drug-likeness (QED) is 0.823. The Labute approximate surface area is 112 Å². The zero-order valence-corrected chi connectivity index (χ0v) is 12.8. The summed E-state index contributed by atoms with van der Waals surface area (Å²) < 4.78 is 11.3. The smallest absolute Gasteiger partial charge is 0.0805 e. The lowest BCUT2D eigenvalue weighted by atomic mass is 9.68. The molecule has 0 aromatic heterocycles. The highest BCUT2D eigenvalue weighted by molar-refractivity contribution is 4.91. The standard InChI is InChI=1S/C15H31NO2/c1-12(17-5)10-18-15(11-16)8-6-13(7-9-15)14(2,3)4/h12-13H,6-11,16H2,1-5H3. The second-order valence-electron chi connectivity index (χ2n) is 6.88. The van der Waals surface area contributed by atoms with E-state index in [-0.39, 0.29) is 11.7 Å². The van der Waals surface area contributed by atoms with Crippen molar-refractivity contribution < 1.29 is 9.47 Å². The summed E-state index contributed by atoms with van der Waals surface area (Å²) in [5.74, 6) is 0.792. The maximum atomic E-state index is 6.08. The van der Waals surface area contributed by atoms with Gasteiger partial charge in [0.05, 0.1) is 18.3 Å². The predicted octanol–water partition coefficient (Wildman–Crippen LogP) is 2.97. The fourth-order valence-electron chi connectivity index (χ4n) is 2.78. The Kier molecular flexibility index (Phi) is 5.63. The number of nitrogens with two attached hydrogens (primary N) is 1. The minimum absolute atomic E-state index is 0.103. The van der Waals surface area contributed by atoms with Crippen molar-refractivity contribution >= 4 is 0 Å². The number of hydrogen-bond acceptors (Lipinski definition) is 3. The first-order valence-corrected chi connectivity index (χ1v) is 7.20. The van der Waals surface area contributed by atoms with E-state index in [9.17, 15) is 0 Å². The van der Waals surface area contributed by atoms with E-state index in [4.69, 9.17) is 15.2 Å². The van der Waals surface area contributed by atoms with E-state index >= 15 is 0 Å². The van der Waals surface area contributed by atoms with Crippen LogP contribution in [0, 0.1) is 11.3 Å². The molecule has 1 aliphatic rings. The van der Waals surface area contributed by atoms with Gasteiger partial charge in [-0.15, -0.1) is 0 Å². The van der Waals surface area contributed by atoms with Gasteiger partial charge in [0.25, 0.3) is 0 Å². The van der Waals surface area contributed by atoms with Crippen molar-refractivity contribution in [3.8, 4) is 0 Å². The van der Waals surface area contributed by atoms with Crippen molar-refractivity contribution in [1.82, 2.24) is 0 Å². The molecule has 3 nitrogen and oxygen atoms in total. The number of ether oxygens (including phenoxy) is 2. The van der Waals surface area contributed by atoms with Crippen LogP contribution >= 0.6 is 0 Å². The molecule has 1 unspecified atom stereocenters. The molecule has 0 aromatic carbocycles. The van der Waals surface area contributed by atoms with Crippen LogP contribution in [0.3, 0.4) is 0 Å². The van der Waals surface area contributed by atoms with Crippen molar-refractivity contribution in [2.75, 3.05) is 20.3 Å². The van der Waals surface area contributed by atoms with Gasteiger partial charge in [0.1, 0.15) is 0 Å². The van der Waals surface area contributed by atoms with Crippen LogP contribution in [0.25, 0.3) is 0 Å². The van der Waals surface area contributed by atoms with Crippen molar-refractivity contribution in [1.29, 1.82) is 0 Å². The molecule has 0 saturated heterocycles. The minimum Gasteiger partial charge on any atom is -0.379 e. The van der Waals surface area contributed by atoms with Crippen LogP contribution in [0.5, 0.6) is 0 Å². The highest BCUT2D eigenvalue weighted by Crippen LogP contribution is 2.42. The summed E-state index contributed by atoms with van der Waals surface area (Å²) in [4.78, 5) is 0. The van der Waals surface area contributed by atoms with Gasteiger partial charge in [0.15, 0.2) is 0 Å². The molecule has 0 amide bonds. The van der Waals surface area contributed by atoms with Crippen LogP contribution in [0.15, 0.2) is 0 Å². The van der Waals surface area contributed by atoms with E-state index < -0.39 is 0 Å². The molecule has 1 aliphatic carbocycles. The number of methoxy groups -OCH3 is 1. The second-order valence-corrected chi connectivity index (χ2v) is 6.88. The molecule has 0 heterocycles. The zero-order valence-electron chi connectivity index (χ0n) is 12.8. The van der Waals surface area contributed by atoms with Crippen LogP contribution in [0.2, 0.25) is 0 Å². The molecule has 2 N–H and O–H groups in total. The second kappa shape index (κ2) is 6.36. The number of hydrogen-bond donors (Lipinski definition) is 1. The molecular formula is C15H31NO2. The summed E-state index contributed by atoms with van der Waals surface area (Å²) in [5.41, 5.74) is 6.26. The van der Waals surface area contributed by atoms with Crippen LogP contribution < -0.4 is 5.73 Å². The highest BCUT2D eigenvalue weighted by atomic mass is 16.5. The molecule has 1 rings (SSSR count). The normalized spacial score (nSPS) is 31.3. The molecule has 0 aliphatic heterocycles. The largest absolute Gasteiger partial charge is 0.379 e. The lowest BCUT2D eigenvalue weighted by Gasteiger charge is -2.43. The van der Waals surface area contributed by atoms with Crippen molar-refractivity contribution in [3.05, 3.63) is 0 Å². The first-order chi connectivity index (χ1) is 8.33. The van der Waals surface area contributed by atoms with Crippen LogP contribution in [-0.2, 0) is 9.47 Å². The van der Waals surface area contributed by atoms with Crippen molar-refractivity contribution in [3.63, 3.8) is 0 Å². The average molecular weight is 257 g/mol. The molecule has 0 bridgehead atoms. The Hall–Kier alpha value is -0.120. The molecule has 0 spiro atoms. The van der Waals surface area contributed by atoms with Gasteiger partial charge < -0.3 is 15.2 Å². The Morgan fingerprint density at radius 1 is 1.28 bits per heavy atom. The van der Waals surface area contributed by atoms with E-state index in [1.54, 1.807) is 7.11 Å². The van der Waals surface area contributed by atoms with Crippen LogP contribution in [-0.4, -0.2) is 32.0 Å². The predicted molar refractivity (Wildman–Crippen MR) is 75.6 cm³/mol. The summed E-state index contributed by atoms with van der Waals surface area (Å²) >= 11 is 0. The molecule has 3 heteroatoms. The third-order valence-electron chi connectivity index (χ3n) is 4.52. The monoisotopic (exact) mass is 257 g/mol. The minimum atomic E-state index is -0.103. The third kappa shape index (κ3) is 4.22. The molecule has 1 saturated carbocycles. The van der Waals surface area contributed by atoms with E-state index in [1.165, 1.54) is 12.8 Å². The molecule has 18 heavy (non-hydrogen) atoms. The Morgan fingerprint density at radius 3 is 2.22 bits per heavy atom. The van der Waals surface area contributed by atoms with Gasteiger partial charge in [0, 0.05) is 13.7 Å². The lowest BCUT2D eigenvalue weighted by molar-refractivity contribution is -0.107. The maximum absolute atomic E-state index is 6.08. The summed E-state index contributed by atoms with van der Waals surface area (Å²) in [6.45, 7) is 10.3. The summed E-state index contributed by atoms with van der Waals surface area (Å²) in [6.07, 6.45) is 4.77. The van der Waals surface area contributed by atoms with Gasteiger partial charge in [-0.05, 0) is 43.9 Å². The van der Waals surface area contributed by atoms with Gasteiger partial charge in [-0.3, -0.25) is 0 Å². The summed E-state index contributed by atoms with van der Waals surface area (Å²) in [5, 5.41) is 0. The van der Waals surface area contributed by atoms with Crippen molar-refractivity contribution in [2.24, 2.45) is 17.1 Å². The van der Waals surface area contributed by atoms with Gasteiger partial charge >= 0.3 is 0 Å². The first-order valence-electron chi connectivity index (χ1n) is 7.20. The Bertz CT molecular complexity index is 239. The van der Waals surface area contributed by atoms with Crippen molar-refractivity contribution in [2.45, 2.75) is 65.1 Å². The topological polar surface area (TPSA) is 44.5 Å². The van der Waals surface area contributed by atoms with E-state index in [2.05, 4.69) is 20.8 Å². The van der Waals surface area contributed by atoms with E-state index in [0.29, 0.717) is 18.6 Å². The first kappa shape index (κ1) is 15.9. The fourth-order valence-corrected chi connectivity index (χ4v) is 2.78. The Balaban J connectivity index is 2.49.